The Hall–Kier alpha value is -1.57. The number of hydrogen-bond acceptors (Lipinski definition) is 4. The highest BCUT2D eigenvalue weighted by molar-refractivity contribution is 9.11. The smallest absolute Gasteiger partial charge is 0.272 e. The summed E-state index contributed by atoms with van der Waals surface area (Å²) in [6.45, 7) is 0. The molecule has 2 rings (SSSR count). The van der Waals surface area contributed by atoms with Crippen LogP contribution in [0.1, 0.15) is 15.9 Å². The van der Waals surface area contributed by atoms with Crippen molar-refractivity contribution in [2.45, 2.75) is 0 Å². The van der Waals surface area contributed by atoms with Crippen LogP contribution < -0.4 is 5.43 Å². The number of phenolic OH excluding ortho intramolecular Hbond substituents is 2. The monoisotopic (exact) mass is 446 g/mol. The van der Waals surface area contributed by atoms with Crippen LogP contribution in [0, 0.1) is 0 Å². The summed E-state index contributed by atoms with van der Waals surface area (Å²) < 4.78 is 0.552. The van der Waals surface area contributed by atoms with Crippen molar-refractivity contribution in [2.24, 2.45) is 5.10 Å². The predicted molar refractivity (Wildman–Crippen MR) is 91.7 cm³/mol. The minimum atomic E-state index is -0.458. The van der Waals surface area contributed by atoms with Crippen molar-refractivity contribution in [3.63, 3.8) is 0 Å². The van der Waals surface area contributed by atoms with E-state index in [9.17, 15) is 15.0 Å². The number of carbonyl (C=O) groups is 1. The number of carbonyl (C=O) groups excluding carboxylic acids is 1. The van der Waals surface area contributed by atoms with Gasteiger partial charge in [-0.25, -0.2) is 5.43 Å². The van der Waals surface area contributed by atoms with Gasteiger partial charge in [-0.05, 0) is 50.1 Å². The van der Waals surface area contributed by atoms with Crippen LogP contribution >= 0.6 is 43.5 Å². The molecular weight excluding hydrogens is 439 g/mol. The average Bonchev–Trinajstić information content (AvgIpc) is 2.50. The number of rotatable bonds is 3. The Morgan fingerprint density at radius 2 is 1.91 bits per heavy atom. The van der Waals surface area contributed by atoms with Crippen LogP contribution in [0.25, 0.3) is 0 Å². The number of hydrazone groups is 1. The summed E-state index contributed by atoms with van der Waals surface area (Å²) in [5.74, 6) is -1.07. The molecule has 1 amide bonds. The van der Waals surface area contributed by atoms with Crippen LogP contribution in [-0.2, 0) is 0 Å². The van der Waals surface area contributed by atoms with E-state index in [0.717, 1.165) is 0 Å². The van der Waals surface area contributed by atoms with Gasteiger partial charge < -0.3 is 10.2 Å². The Labute approximate surface area is 147 Å². The second-order valence-electron chi connectivity index (χ2n) is 4.14. The van der Waals surface area contributed by atoms with Crippen LogP contribution in [-0.4, -0.2) is 22.3 Å². The molecule has 22 heavy (non-hydrogen) atoms. The Kier molecular flexibility index (Phi) is 5.44. The quantitative estimate of drug-likeness (QED) is 0.377. The van der Waals surface area contributed by atoms with Crippen molar-refractivity contribution in [3.05, 3.63) is 55.4 Å². The van der Waals surface area contributed by atoms with Crippen LogP contribution in [0.2, 0.25) is 5.02 Å². The van der Waals surface area contributed by atoms with E-state index in [2.05, 4.69) is 42.4 Å². The molecule has 0 saturated heterocycles. The first kappa shape index (κ1) is 16.8. The summed E-state index contributed by atoms with van der Waals surface area (Å²) in [6, 6.07) is 8.12. The first-order chi connectivity index (χ1) is 10.4. The molecule has 0 spiro atoms. The number of benzene rings is 2. The molecule has 0 atom stereocenters. The molecule has 0 aromatic heterocycles. The van der Waals surface area contributed by atoms with Crippen molar-refractivity contribution in [3.8, 4) is 11.5 Å². The van der Waals surface area contributed by atoms with Crippen LogP contribution in [0.5, 0.6) is 11.5 Å². The van der Waals surface area contributed by atoms with Gasteiger partial charge in [0.15, 0.2) is 11.5 Å². The molecule has 2 aromatic rings. The summed E-state index contributed by atoms with van der Waals surface area (Å²) >= 11 is 12.1. The fourth-order valence-electron chi connectivity index (χ4n) is 1.58. The van der Waals surface area contributed by atoms with Gasteiger partial charge in [0.2, 0.25) is 0 Å². The second kappa shape index (κ2) is 7.13. The topological polar surface area (TPSA) is 81.9 Å². The highest BCUT2D eigenvalue weighted by Gasteiger charge is 2.13. The molecule has 0 fully saturated rings. The van der Waals surface area contributed by atoms with Gasteiger partial charge in [0.1, 0.15) is 0 Å². The number of aromatic hydroxyl groups is 2. The number of nitrogens with one attached hydrogen (secondary N) is 1. The van der Waals surface area contributed by atoms with Crippen molar-refractivity contribution < 1.29 is 15.0 Å². The Morgan fingerprint density at radius 1 is 1.23 bits per heavy atom. The molecule has 2 aromatic carbocycles. The Bertz CT molecular complexity index is 766. The van der Waals surface area contributed by atoms with E-state index in [1.54, 1.807) is 24.3 Å². The lowest BCUT2D eigenvalue weighted by molar-refractivity contribution is 0.0955. The maximum atomic E-state index is 11.9. The zero-order valence-corrected chi connectivity index (χ0v) is 14.8. The minimum absolute atomic E-state index is 0.254. The van der Waals surface area contributed by atoms with Gasteiger partial charge in [0, 0.05) is 5.56 Å². The maximum Gasteiger partial charge on any atom is 0.272 e. The van der Waals surface area contributed by atoms with Gasteiger partial charge in [0.25, 0.3) is 5.91 Å². The second-order valence-corrected chi connectivity index (χ2v) is 6.19. The van der Waals surface area contributed by atoms with E-state index in [-0.39, 0.29) is 16.0 Å². The third-order valence-corrected chi connectivity index (χ3v) is 4.45. The third kappa shape index (κ3) is 3.60. The summed E-state index contributed by atoms with van der Waals surface area (Å²) in [5, 5.41) is 23.4. The molecule has 0 aliphatic carbocycles. The lowest BCUT2D eigenvalue weighted by atomic mass is 10.2. The van der Waals surface area contributed by atoms with Crippen LogP contribution in [0.3, 0.4) is 0 Å². The first-order valence-corrected chi connectivity index (χ1v) is 7.86. The largest absolute Gasteiger partial charge is 0.503 e. The molecule has 0 aliphatic heterocycles. The molecule has 114 valence electrons. The lowest BCUT2D eigenvalue weighted by Crippen LogP contribution is -2.18. The fraction of sp³-hybridized carbons (Fsp3) is 0. The normalized spacial score (nSPS) is 10.9. The number of amides is 1. The molecule has 0 unspecified atom stereocenters. The van der Waals surface area contributed by atoms with Crippen molar-refractivity contribution >= 4 is 55.6 Å². The number of phenols is 2. The third-order valence-electron chi connectivity index (χ3n) is 2.68. The number of halogens is 3. The number of hydrogen-bond donors (Lipinski definition) is 3. The van der Waals surface area contributed by atoms with Gasteiger partial charge >= 0.3 is 0 Å². The maximum absolute atomic E-state index is 11.9. The van der Waals surface area contributed by atoms with Gasteiger partial charge in [-0.3, -0.25) is 4.79 Å². The van der Waals surface area contributed by atoms with E-state index in [0.29, 0.717) is 20.6 Å². The minimum Gasteiger partial charge on any atom is -0.503 e. The molecule has 3 N–H and O–H groups in total. The summed E-state index contributed by atoms with van der Waals surface area (Å²) in [7, 11) is 0. The van der Waals surface area contributed by atoms with E-state index in [1.807, 2.05) is 0 Å². The van der Waals surface area contributed by atoms with E-state index in [4.69, 9.17) is 11.6 Å². The first-order valence-electron chi connectivity index (χ1n) is 5.89. The molecule has 0 heterocycles. The van der Waals surface area contributed by atoms with Gasteiger partial charge in [-0.2, -0.15) is 5.10 Å². The predicted octanol–water partition coefficient (Wildman–Crippen LogP) is 4.04. The van der Waals surface area contributed by atoms with Gasteiger partial charge in [0.05, 0.1) is 25.7 Å². The molecule has 0 radical (unpaired) electrons. The van der Waals surface area contributed by atoms with Crippen LogP contribution in [0.15, 0.2) is 44.4 Å². The molecule has 0 aliphatic rings. The van der Waals surface area contributed by atoms with Crippen molar-refractivity contribution in [2.75, 3.05) is 0 Å². The SMILES string of the molecule is O=C(N/N=C\c1cc(Br)c(O)c(O)c1Br)c1ccccc1Cl. The van der Waals surface area contributed by atoms with Gasteiger partial charge in [-0.1, -0.05) is 23.7 Å². The average molecular weight is 448 g/mol. The highest BCUT2D eigenvalue weighted by atomic mass is 79.9. The summed E-state index contributed by atoms with van der Waals surface area (Å²) in [6.07, 6.45) is 1.32. The molecule has 0 saturated carbocycles. The standard InChI is InChI=1S/C14H9Br2ClN2O3/c15-9-5-7(11(16)13(21)12(9)20)6-18-19-14(22)8-3-1-2-4-10(8)17/h1-6,20-21H,(H,19,22)/b18-6-. The zero-order chi connectivity index (χ0) is 16.3. The molecular formula is C14H9Br2ClN2O3. The lowest BCUT2D eigenvalue weighted by Gasteiger charge is -2.06. The van der Waals surface area contributed by atoms with E-state index >= 15 is 0 Å². The van der Waals surface area contributed by atoms with Gasteiger partial charge in [-0.15, -0.1) is 0 Å². The molecule has 8 heteroatoms. The van der Waals surface area contributed by atoms with E-state index < -0.39 is 5.91 Å². The highest BCUT2D eigenvalue weighted by Crippen LogP contribution is 2.40. The van der Waals surface area contributed by atoms with Crippen molar-refractivity contribution in [1.29, 1.82) is 0 Å². The Balaban J connectivity index is 2.17. The van der Waals surface area contributed by atoms with Crippen LogP contribution in [0.4, 0.5) is 0 Å². The zero-order valence-electron chi connectivity index (χ0n) is 10.8. The Morgan fingerprint density at radius 3 is 2.59 bits per heavy atom. The summed E-state index contributed by atoms with van der Waals surface area (Å²) in [4.78, 5) is 11.9. The molecule has 0 bridgehead atoms. The summed E-state index contributed by atoms with van der Waals surface area (Å²) in [5.41, 5.74) is 3.10. The number of nitrogens with zero attached hydrogens (tertiary/aromatic N) is 1. The van der Waals surface area contributed by atoms with Crippen molar-refractivity contribution in [1.82, 2.24) is 5.43 Å². The molecule has 5 nitrogen and oxygen atoms in total. The van der Waals surface area contributed by atoms with E-state index in [1.165, 1.54) is 12.3 Å². The fourth-order valence-corrected chi connectivity index (χ4v) is 2.64.